The molecule has 5 nitrogen and oxygen atoms in total. The summed E-state index contributed by atoms with van der Waals surface area (Å²) < 4.78 is 24.1. The Kier molecular flexibility index (Phi) is 3.14. The third-order valence-electron chi connectivity index (χ3n) is 2.93. The summed E-state index contributed by atoms with van der Waals surface area (Å²) in [4.78, 5) is 15.1. The number of aromatic carboxylic acids is 1. The van der Waals surface area contributed by atoms with Gasteiger partial charge in [0.2, 0.25) is 0 Å². The van der Waals surface area contributed by atoms with Crippen LogP contribution in [0, 0.1) is 0 Å². The Morgan fingerprint density at radius 1 is 1.39 bits per heavy atom. The van der Waals surface area contributed by atoms with E-state index in [1.165, 1.54) is 12.1 Å². The smallest absolute Gasteiger partial charge is 0.337 e. The minimum atomic E-state index is -3.37. The van der Waals surface area contributed by atoms with Gasteiger partial charge in [-0.05, 0) is 30.9 Å². The SMILES string of the molecule is CC(C)c1nc(S(=O)(=O)C2CC2)ccc1C(=O)O. The van der Waals surface area contributed by atoms with Crippen LogP contribution in [0.25, 0.3) is 0 Å². The molecular weight excluding hydrogens is 254 g/mol. The van der Waals surface area contributed by atoms with E-state index in [1.807, 2.05) is 0 Å². The van der Waals surface area contributed by atoms with E-state index in [0.29, 0.717) is 18.5 Å². The van der Waals surface area contributed by atoms with Crippen LogP contribution in [-0.2, 0) is 9.84 Å². The zero-order valence-corrected chi connectivity index (χ0v) is 11.1. The van der Waals surface area contributed by atoms with Crippen molar-refractivity contribution in [2.75, 3.05) is 0 Å². The standard InChI is InChI=1S/C12H15NO4S/c1-7(2)11-9(12(14)15)5-6-10(13-11)18(16,17)8-3-4-8/h5-8H,3-4H2,1-2H3,(H,14,15). The molecule has 0 aliphatic heterocycles. The fraction of sp³-hybridized carbons (Fsp3) is 0.500. The minimum Gasteiger partial charge on any atom is -0.478 e. The van der Waals surface area contributed by atoms with Gasteiger partial charge in [-0.15, -0.1) is 0 Å². The third-order valence-corrected chi connectivity index (χ3v) is 5.09. The summed E-state index contributed by atoms with van der Waals surface area (Å²) in [6, 6.07) is 2.63. The van der Waals surface area contributed by atoms with Crippen molar-refractivity contribution in [1.29, 1.82) is 0 Å². The second kappa shape index (κ2) is 4.35. The highest BCUT2D eigenvalue weighted by molar-refractivity contribution is 7.92. The van der Waals surface area contributed by atoms with Gasteiger partial charge in [0.1, 0.15) is 0 Å². The molecular formula is C12H15NO4S. The van der Waals surface area contributed by atoms with Crippen LogP contribution >= 0.6 is 0 Å². The van der Waals surface area contributed by atoms with E-state index in [-0.39, 0.29) is 21.8 Å². The molecule has 0 spiro atoms. The van der Waals surface area contributed by atoms with Crippen LogP contribution in [-0.4, -0.2) is 29.7 Å². The number of nitrogens with zero attached hydrogens (tertiary/aromatic N) is 1. The lowest BCUT2D eigenvalue weighted by Gasteiger charge is -2.11. The Labute approximate surface area is 106 Å². The monoisotopic (exact) mass is 269 g/mol. The summed E-state index contributed by atoms with van der Waals surface area (Å²) in [5.74, 6) is -1.22. The molecule has 1 aromatic heterocycles. The molecule has 18 heavy (non-hydrogen) atoms. The number of sulfone groups is 1. The molecule has 2 rings (SSSR count). The molecule has 0 saturated heterocycles. The van der Waals surface area contributed by atoms with Gasteiger partial charge in [0.05, 0.1) is 16.5 Å². The van der Waals surface area contributed by atoms with Crippen LogP contribution in [0.5, 0.6) is 0 Å². The Bertz CT molecular complexity index is 588. The molecule has 0 unspecified atom stereocenters. The molecule has 1 aliphatic carbocycles. The molecule has 1 N–H and O–H groups in total. The van der Waals surface area contributed by atoms with Gasteiger partial charge in [0.25, 0.3) is 0 Å². The van der Waals surface area contributed by atoms with E-state index in [9.17, 15) is 13.2 Å². The van der Waals surface area contributed by atoms with Crippen LogP contribution < -0.4 is 0 Å². The van der Waals surface area contributed by atoms with Crippen molar-refractivity contribution in [1.82, 2.24) is 4.98 Å². The molecule has 6 heteroatoms. The van der Waals surface area contributed by atoms with Gasteiger partial charge in [-0.3, -0.25) is 0 Å². The van der Waals surface area contributed by atoms with Crippen molar-refractivity contribution in [3.8, 4) is 0 Å². The van der Waals surface area contributed by atoms with Gasteiger partial charge in [0, 0.05) is 0 Å². The lowest BCUT2D eigenvalue weighted by molar-refractivity contribution is 0.0694. The van der Waals surface area contributed by atoms with E-state index in [0.717, 1.165) is 0 Å². The van der Waals surface area contributed by atoms with Crippen molar-refractivity contribution >= 4 is 15.8 Å². The lowest BCUT2D eigenvalue weighted by atomic mass is 10.0. The van der Waals surface area contributed by atoms with Crippen molar-refractivity contribution in [2.24, 2.45) is 0 Å². The molecule has 0 bridgehead atoms. The number of carbonyl (C=O) groups is 1. The number of hydrogen-bond donors (Lipinski definition) is 1. The minimum absolute atomic E-state index is 0.00120. The van der Waals surface area contributed by atoms with Crippen molar-refractivity contribution < 1.29 is 18.3 Å². The largest absolute Gasteiger partial charge is 0.478 e. The molecule has 1 saturated carbocycles. The van der Waals surface area contributed by atoms with E-state index in [4.69, 9.17) is 5.11 Å². The summed E-state index contributed by atoms with van der Waals surface area (Å²) in [5, 5.41) is 8.71. The Morgan fingerprint density at radius 2 is 2.00 bits per heavy atom. The van der Waals surface area contributed by atoms with Crippen LogP contribution in [0.3, 0.4) is 0 Å². The predicted molar refractivity (Wildman–Crippen MR) is 65.5 cm³/mol. The quantitative estimate of drug-likeness (QED) is 0.901. The average molecular weight is 269 g/mol. The zero-order chi connectivity index (χ0) is 13.5. The van der Waals surface area contributed by atoms with Gasteiger partial charge in [0.15, 0.2) is 14.9 Å². The number of hydrogen-bond acceptors (Lipinski definition) is 4. The first-order chi connectivity index (χ1) is 8.34. The molecule has 1 fully saturated rings. The first kappa shape index (κ1) is 13.0. The van der Waals surface area contributed by atoms with Gasteiger partial charge in [-0.25, -0.2) is 18.2 Å². The fourth-order valence-electron chi connectivity index (χ4n) is 1.78. The summed E-state index contributed by atoms with van der Waals surface area (Å²) >= 11 is 0. The maximum Gasteiger partial charge on any atom is 0.337 e. The maximum absolute atomic E-state index is 12.0. The maximum atomic E-state index is 12.0. The van der Waals surface area contributed by atoms with E-state index < -0.39 is 15.8 Å². The van der Waals surface area contributed by atoms with Gasteiger partial charge in [-0.2, -0.15) is 0 Å². The molecule has 98 valence electrons. The first-order valence-corrected chi connectivity index (χ1v) is 7.36. The molecule has 0 radical (unpaired) electrons. The van der Waals surface area contributed by atoms with E-state index >= 15 is 0 Å². The molecule has 0 atom stereocenters. The number of carboxylic acid groups (broad SMARTS) is 1. The van der Waals surface area contributed by atoms with E-state index in [2.05, 4.69) is 4.98 Å². The van der Waals surface area contributed by atoms with Crippen molar-refractivity contribution in [3.63, 3.8) is 0 Å². The summed E-state index contributed by atoms with van der Waals surface area (Å²) in [5.41, 5.74) is 0.393. The van der Waals surface area contributed by atoms with Gasteiger partial charge >= 0.3 is 5.97 Å². The van der Waals surface area contributed by atoms with Crippen LogP contribution in [0.4, 0.5) is 0 Å². The second-order valence-corrected chi connectivity index (χ2v) is 6.96. The van der Waals surface area contributed by atoms with Gasteiger partial charge in [-0.1, -0.05) is 13.8 Å². The molecule has 0 aromatic carbocycles. The molecule has 1 aliphatic rings. The summed E-state index contributed by atoms with van der Waals surface area (Å²) in [6.07, 6.45) is 1.34. The third kappa shape index (κ3) is 2.25. The number of rotatable bonds is 4. The number of carboxylic acids is 1. The topological polar surface area (TPSA) is 84.3 Å². The second-order valence-electron chi connectivity index (χ2n) is 4.79. The van der Waals surface area contributed by atoms with Gasteiger partial charge < -0.3 is 5.11 Å². The van der Waals surface area contributed by atoms with Crippen LogP contribution in [0.1, 0.15) is 48.7 Å². The summed E-state index contributed by atoms with van der Waals surface area (Å²) in [6.45, 7) is 3.59. The van der Waals surface area contributed by atoms with E-state index in [1.54, 1.807) is 13.8 Å². The lowest BCUT2D eigenvalue weighted by Crippen LogP contribution is -2.14. The molecule has 1 aromatic rings. The first-order valence-electron chi connectivity index (χ1n) is 5.82. The highest BCUT2D eigenvalue weighted by Gasteiger charge is 2.38. The average Bonchev–Trinajstić information content (AvgIpc) is 3.11. The molecule has 1 heterocycles. The highest BCUT2D eigenvalue weighted by Crippen LogP contribution is 2.33. The fourth-order valence-corrected chi connectivity index (χ4v) is 3.37. The van der Waals surface area contributed by atoms with Crippen LogP contribution in [0.15, 0.2) is 17.2 Å². The number of aromatic nitrogens is 1. The zero-order valence-electron chi connectivity index (χ0n) is 10.3. The van der Waals surface area contributed by atoms with Crippen molar-refractivity contribution in [3.05, 3.63) is 23.4 Å². The van der Waals surface area contributed by atoms with Crippen LogP contribution in [0.2, 0.25) is 0 Å². The van der Waals surface area contributed by atoms with Crippen molar-refractivity contribution in [2.45, 2.75) is 42.9 Å². The highest BCUT2D eigenvalue weighted by atomic mass is 32.2. The Balaban J connectivity index is 2.53. The Morgan fingerprint density at radius 3 is 2.44 bits per heavy atom. The predicted octanol–water partition coefficient (Wildman–Crippen LogP) is 1.84. The number of pyridine rings is 1. The normalized spacial score (nSPS) is 15.9. The molecule has 0 amide bonds. The Hall–Kier alpha value is -1.43. The summed E-state index contributed by atoms with van der Waals surface area (Å²) in [7, 11) is -3.37.